The summed E-state index contributed by atoms with van der Waals surface area (Å²) in [6.07, 6.45) is 2.06. The molecule has 3 rings (SSSR count). The Morgan fingerprint density at radius 2 is 1.64 bits per heavy atom. The molecule has 9 nitrogen and oxygen atoms in total. The number of amides is 3. The molecule has 1 saturated heterocycles. The summed E-state index contributed by atoms with van der Waals surface area (Å²) in [6, 6.07) is 10.7. The van der Waals surface area contributed by atoms with Crippen LogP contribution in [0.2, 0.25) is 10.0 Å². The molecule has 2 aromatic carbocycles. The number of nitrogens with one attached hydrogen (secondary N) is 3. The number of hydrogen-bond acceptors (Lipinski definition) is 7. The van der Waals surface area contributed by atoms with Gasteiger partial charge in [0.15, 0.2) is 5.78 Å². The highest BCUT2D eigenvalue weighted by Gasteiger charge is 2.50. The van der Waals surface area contributed by atoms with E-state index in [-0.39, 0.29) is 41.8 Å². The van der Waals surface area contributed by atoms with E-state index in [2.05, 4.69) is 16.0 Å². The molecule has 0 spiro atoms. The molecule has 0 aromatic heterocycles. The van der Waals surface area contributed by atoms with Crippen molar-refractivity contribution < 1.29 is 28.7 Å². The second kappa shape index (κ2) is 14.1. The number of ether oxygens (including phenoxy) is 2. The van der Waals surface area contributed by atoms with Crippen molar-refractivity contribution in [2.45, 2.75) is 37.1 Å². The van der Waals surface area contributed by atoms with Crippen molar-refractivity contribution in [3.63, 3.8) is 0 Å². The van der Waals surface area contributed by atoms with Crippen LogP contribution in [-0.2, 0) is 30.3 Å². The lowest BCUT2D eigenvalue weighted by Crippen LogP contribution is -2.58. The number of thioether (sulfide) groups is 1. The summed E-state index contributed by atoms with van der Waals surface area (Å²) in [7, 11) is 1.38. The number of Topliss-reactive ketones (excluding diaryl/α,β-unsaturated/α-hetero) is 1. The van der Waals surface area contributed by atoms with Crippen LogP contribution >= 0.6 is 35.0 Å². The largest absolute Gasteiger partial charge is 0.382 e. The molecule has 0 saturated carbocycles. The highest BCUT2D eigenvalue weighted by molar-refractivity contribution is 7.98. The van der Waals surface area contributed by atoms with Crippen molar-refractivity contribution in [2.75, 3.05) is 32.3 Å². The zero-order valence-corrected chi connectivity index (χ0v) is 24.1. The van der Waals surface area contributed by atoms with Crippen molar-refractivity contribution in [1.82, 2.24) is 16.0 Å². The first-order valence-corrected chi connectivity index (χ1v) is 14.3. The summed E-state index contributed by atoms with van der Waals surface area (Å²) in [5.41, 5.74) is 0.0170. The lowest BCUT2D eigenvalue weighted by atomic mass is 9.94. The third kappa shape index (κ3) is 8.68. The van der Waals surface area contributed by atoms with Crippen LogP contribution in [0.4, 0.5) is 0 Å². The van der Waals surface area contributed by atoms with Gasteiger partial charge < -0.3 is 25.4 Å². The summed E-state index contributed by atoms with van der Waals surface area (Å²) in [5.74, 6) is -1.81. The average Bonchev–Trinajstić information content (AvgIpc) is 3.67. The Hall–Kier alpha value is -2.63. The molecule has 1 fully saturated rings. The van der Waals surface area contributed by atoms with Gasteiger partial charge in [0.05, 0.1) is 29.8 Å². The predicted octanol–water partition coefficient (Wildman–Crippen LogP) is 2.67. The fourth-order valence-electron chi connectivity index (χ4n) is 3.83. The Morgan fingerprint density at radius 3 is 2.26 bits per heavy atom. The van der Waals surface area contributed by atoms with Crippen LogP contribution in [0.15, 0.2) is 48.5 Å². The van der Waals surface area contributed by atoms with Crippen molar-refractivity contribution in [1.29, 1.82) is 0 Å². The number of rotatable bonds is 14. The van der Waals surface area contributed by atoms with Crippen LogP contribution in [0.5, 0.6) is 0 Å². The maximum absolute atomic E-state index is 13.3. The summed E-state index contributed by atoms with van der Waals surface area (Å²) >= 11 is 13.4. The molecule has 12 heteroatoms. The summed E-state index contributed by atoms with van der Waals surface area (Å²) in [6.45, 7) is 1.81. The standard InChI is InChI=1S/C27H31Cl2N3O6S/c1-27(15-38-27)23(33)20(11-16-7-5-4-6-8-16)30-26(36)22(14-39-3)32-25(35)21(13-37-2)31-24(34)18-12-17(28)9-10-19(18)29/h4-10,12,20-22H,11,13-15H2,1-3H3,(H,30,36)(H,31,34)(H,32,35)/t20-,21-,22-,27+/m0/s1. The minimum absolute atomic E-state index is 0.0922. The van der Waals surface area contributed by atoms with Crippen molar-refractivity contribution in [2.24, 2.45) is 0 Å². The van der Waals surface area contributed by atoms with Gasteiger partial charge in [0.2, 0.25) is 11.8 Å². The number of epoxide rings is 1. The Kier molecular flexibility index (Phi) is 11.2. The van der Waals surface area contributed by atoms with Gasteiger partial charge in [0, 0.05) is 17.9 Å². The molecule has 0 aliphatic carbocycles. The van der Waals surface area contributed by atoms with Crippen LogP contribution in [0.1, 0.15) is 22.8 Å². The molecule has 3 N–H and O–H groups in total. The normalized spacial score (nSPS) is 18.4. The van der Waals surface area contributed by atoms with Gasteiger partial charge in [-0.25, -0.2) is 0 Å². The van der Waals surface area contributed by atoms with Crippen LogP contribution in [-0.4, -0.2) is 79.6 Å². The van der Waals surface area contributed by atoms with Gasteiger partial charge in [0.1, 0.15) is 17.7 Å². The molecule has 2 aromatic rings. The molecule has 1 aliphatic rings. The van der Waals surface area contributed by atoms with E-state index in [0.717, 1.165) is 5.56 Å². The molecule has 210 valence electrons. The topological polar surface area (TPSA) is 126 Å². The maximum Gasteiger partial charge on any atom is 0.253 e. The number of halogens is 2. The fourth-order valence-corrected chi connectivity index (χ4v) is 4.77. The number of ketones is 1. The number of benzene rings is 2. The number of carbonyl (C=O) groups is 4. The van der Waals surface area contributed by atoms with Gasteiger partial charge in [-0.05, 0) is 43.4 Å². The molecule has 1 heterocycles. The smallest absolute Gasteiger partial charge is 0.253 e. The summed E-state index contributed by atoms with van der Waals surface area (Å²) < 4.78 is 10.5. The van der Waals surface area contributed by atoms with Gasteiger partial charge in [-0.15, -0.1) is 0 Å². The van der Waals surface area contributed by atoms with Crippen LogP contribution in [0.25, 0.3) is 0 Å². The SMILES string of the molecule is COC[C@H](NC(=O)c1cc(Cl)ccc1Cl)C(=O)N[C@@H](CSC)C(=O)N[C@@H](Cc1ccccc1)C(=O)[C@@]1(C)CO1. The van der Waals surface area contributed by atoms with Gasteiger partial charge in [-0.1, -0.05) is 53.5 Å². The number of methoxy groups -OCH3 is 1. The van der Waals surface area contributed by atoms with E-state index in [4.69, 9.17) is 32.7 Å². The molecule has 0 unspecified atom stereocenters. The van der Waals surface area contributed by atoms with Crippen LogP contribution < -0.4 is 16.0 Å². The first-order valence-electron chi connectivity index (χ1n) is 12.1. The summed E-state index contributed by atoms with van der Waals surface area (Å²) in [4.78, 5) is 52.5. The number of carbonyl (C=O) groups excluding carboxylic acids is 4. The molecular weight excluding hydrogens is 565 g/mol. The van der Waals surface area contributed by atoms with Crippen molar-refractivity contribution >= 4 is 58.5 Å². The Morgan fingerprint density at radius 1 is 1.00 bits per heavy atom. The molecule has 1 aliphatic heterocycles. The second-order valence-electron chi connectivity index (χ2n) is 9.26. The minimum Gasteiger partial charge on any atom is -0.382 e. The third-order valence-electron chi connectivity index (χ3n) is 6.11. The van der Waals surface area contributed by atoms with Gasteiger partial charge >= 0.3 is 0 Å². The lowest BCUT2D eigenvalue weighted by Gasteiger charge is -2.25. The Balaban J connectivity index is 1.73. The van der Waals surface area contributed by atoms with Crippen LogP contribution in [0.3, 0.4) is 0 Å². The van der Waals surface area contributed by atoms with E-state index in [9.17, 15) is 19.2 Å². The zero-order chi connectivity index (χ0) is 28.6. The molecule has 0 radical (unpaired) electrons. The molecule has 39 heavy (non-hydrogen) atoms. The summed E-state index contributed by atoms with van der Waals surface area (Å²) in [5, 5.41) is 8.53. The van der Waals surface area contributed by atoms with Gasteiger partial charge in [-0.2, -0.15) is 11.8 Å². The lowest BCUT2D eigenvalue weighted by molar-refractivity contribution is -0.133. The van der Waals surface area contributed by atoms with Gasteiger partial charge in [-0.3, -0.25) is 19.2 Å². The highest BCUT2D eigenvalue weighted by Crippen LogP contribution is 2.29. The van der Waals surface area contributed by atoms with Gasteiger partial charge in [0.25, 0.3) is 5.91 Å². The van der Waals surface area contributed by atoms with E-state index >= 15 is 0 Å². The highest BCUT2D eigenvalue weighted by atomic mass is 35.5. The van der Waals surface area contributed by atoms with Crippen molar-refractivity contribution in [3.05, 3.63) is 69.7 Å². The molecule has 0 bridgehead atoms. The molecular formula is C27H31Cl2N3O6S. The molecule has 4 atom stereocenters. The average molecular weight is 597 g/mol. The maximum atomic E-state index is 13.3. The first-order chi connectivity index (χ1) is 18.6. The number of hydrogen-bond donors (Lipinski definition) is 3. The third-order valence-corrected chi connectivity index (χ3v) is 7.34. The monoisotopic (exact) mass is 595 g/mol. The van der Waals surface area contributed by atoms with E-state index in [1.807, 2.05) is 30.3 Å². The zero-order valence-electron chi connectivity index (χ0n) is 21.8. The fraction of sp³-hybridized carbons (Fsp3) is 0.407. The van der Waals surface area contributed by atoms with Crippen molar-refractivity contribution in [3.8, 4) is 0 Å². The predicted molar refractivity (Wildman–Crippen MR) is 151 cm³/mol. The van der Waals surface area contributed by atoms with Crippen LogP contribution in [0, 0.1) is 0 Å². The molecule has 3 amide bonds. The van der Waals surface area contributed by atoms with E-state index in [1.54, 1.807) is 13.2 Å². The Labute approximate surface area is 241 Å². The minimum atomic E-state index is -1.13. The van der Waals surface area contributed by atoms with E-state index < -0.39 is 41.4 Å². The van der Waals surface area contributed by atoms with E-state index in [1.165, 1.54) is 37.1 Å². The quantitative estimate of drug-likeness (QED) is 0.287. The first kappa shape index (κ1) is 30.9. The second-order valence-corrected chi connectivity index (χ2v) is 11.0. The Bertz CT molecular complexity index is 1200. The van der Waals surface area contributed by atoms with E-state index in [0.29, 0.717) is 5.02 Å².